The van der Waals surface area contributed by atoms with Gasteiger partial charge in [-0.3, -0.25) is 0 Å². The average Bonchev–Trinajstić information content (AvgIpc) is 3.53. The van der Waals surface area contributed by atoms with Crippen molar-refractivity contribution in [2.45, 2.75) is 128 Å². The molecule has 0 aromatic rings. The molecule has 0 aromatic carbocycles. The van der Waals surface area contributed by atoms with Crippen molar-refractivity contribution >= 4 is 8.32 Å². The summed E-state index contributed by atoms with van der Waals surface area (Å²) in [6.07, 6.45) is 6.89. The summed E-state index contributed by atoms with van der Waals surface area (Å²) < 4.78 is 32.5. The second kappa shape index (κ2) is 8.99. The van der Waals surface area contributed by atoms with Crippen molar-refractivity contribution in [3.8, 4) is 0 Å². The van der Waals surface area contributed by atoms with Gasteiger partial charge in [0.2, 0.25) is 0 Å². The molecule has 1 N–H and O–H groups in total. The number of hydrogen-bond acceptors (Lipinski definition) is 6. The second-order valence-electron chi connectivity index (χ2n) is 16.0. The molecule has 2 heterocycles. The van der Waals surface area contributed by atoms with E-state index in [1.165, 1.54) is 6.42 Å². The first-order chi connectivity index (χ1) is 17.6. The minimum absolute atomic E-state index is 0.0135. The Labute approximate surface area is 232 Å². The van der Waals surface area contributed by atoms with E-state index in [4.69, 9.17) is 23.4 Å². The normalized spacial score (nSPS) is 48.1. The van der Waals surface area contributed by atoms with Gasteiger partial charge >= 0.3 is 0 Å². The first-order valence-electron chi connectivity index (χ1n) is 15.6. The average molecular weight is 551 g/mol. The Kier molecular flexibility index (Phi) is 6.65. The van der Waals surface area contributed by atoms with Crippen molar-refractivity contribution in [1.82, 2.24) is 0 Å². The van der Waals surface area contributed by atoms with Crippen LogP contribution in [-0.2, 0) is 23.4 Å². The molecule has 6 rings (SSSR count). The summed E-state index contributed by atoms with van der Waals surface area (Å²) in [6, 6.07) is 0. The van der Waals surface area contributed by atoms with Gasteiger partial charge in [-0.2, -0.15) is 0 Å². The van der Waals surface area contributed by atoms with Gasteiger partial charge in [-0.1, -0.05) is 34.6 Å². The summed E-state index contributed by atoms with van der Waals surface area (Å²) in [7, 11) is -2.03. The van der Waals surface area contributed by atoms with Crippen molar-refractivity contribution in [1.29, 1.82) is 0 Å². The lowest BCUT2D eigenvalue weighted by molar-refractivity contribution is -0.268. The molecule has 1 spiro atoms. The maximum absolute atomic E-state index is 11.8. The van der Waals surface area contributed by atoms with E-state index in [9.17, 15) is 5.11 Å². The van der Waals surface area contributed by atoms with Gasteiger partial charge in [0.1, 0.15) is 0 Å². The quantitative estimate of drug-likeness (QED) is 0.427. The maximum atomic E-state index is 11.8. The van der Waals surface area contributed by atoms with Crippen molar-refractivity contribution in [3.05, 3.63) is 0 Å². The van der Waals surface area contributed by atoms with E-state index < -0.39 is 19.9 Å². The van der Waals surface area contributed by atoms with Crippen molar-refractivity contribution in [3.63, 3.8) is 0 Å². The first kappa shape index (κ1) is 28.1. The number of aliphatic hydroxyl groups excluding tert-OH is 1. The second-order valence-corrected chi connectivity index (χ2v) is 20.7. The van der Waals surface area contributed by atoms with Crippen LogP contribution in [0.5, 0.6) is 0 Å². The van der Waals surface area contributed by atoms with Crippen LogP contribution in [0.2, 0.25) is 18.1 Å². The number of hydrogen-bond donors (Lipinski definition) is 1. The van der Waals surface area contributed by atoms with Crippen LogP contribution >= 0.6 is 0 Å². The van der Waals surface area contributed by atoms with E-state index in [0.29, 0.717) is 50.1 Å². The first-order valence-corrected chi connectivity index (χ1v) is 18.5. The number of rotatable bonds is 3. The van der Waals surface area contributed by atoms with Gasteiger partial charge < -0.3 is 28.5 Å². The molecule has 2 saturated heterocycles. The Morgan fingerprint density at radius 2 is 1.45 bits per heavy atom. The summed E-state index contributed by atoms with van der Waals surface area (Å²) in [5.74, 6) is 0.998. The number of fused-ring (bicyclic) bond motifs is 5. The summed E-state index contributed by atoms with van der Waals surface area (Å²) >= 11 is 0. The lowest BCUT2D eigenvalue weighted by Crippen LogP contribution is -2.66. The Bertz CT molecular complexity index is 905. The molecule has 0 amide bonds. The molecule has 9 atom stereocenters. The van der Waals surface area contributed by atoms with Crippen LogP contribution in [0.4, 0.5) is 0 Å². The molecule has 7 heteroatoms. The molecule has 6 aliphatic rings. The van der Waals surface area contributed by atoms with Crippen LogP contribution in [0.25, 0.3) is 0 Å². The largest absolute Gasteiger partial charge is 0.414 e. The van der Waals surface area contributed by atoms with E-state index in [1.807, 2.05) is 0 Å². The van der Waals surface area contributed by atoms with E-state index in [2.05, 4.69) is 54.6 Å². The molecular weight excluding hydrogens is 496 g/mol. The van der Waals surface area contributed by atoms with Crippen molar-refractivity contribution in [2.75, 3.05) is 26.4 Å². The Balaban J connectivity index is 1.39. The van der Waals surface area contributed by atoms with Gasteiger partial charge in [0.15, 0.2) is 19.9 Å². The van der Waals surface area contributed by atoms with Crippen molar-refractivity contribution < 1.29 is 28.5 Å². The minimum Gasteiger partial charge on any atom is -0.414 e. The van der Waals surface area contributed by atoms with Crippen LogP contribution < -0.4 is 0 Å². The molecule has 6 nitrogen and oxygen atoms in total. The van der Waals surface area contributed by atoms with Crippen LogP contribution in [0.1, 0.15) is 86.5 Å². The van der Waals surface area contributed by atoms with Gasteiger partial charge in [-0.05, 0) is 91.7 Å². The van der Waals surface area contributed by atoms with Gasteiger partial charge in [0.25, 0.3) is 0 Å². The molecule has 0 aromatic heterocycles. The highest BCUT2D eigenvalue weighted by Gasteiger charge is 2.69. The van der Waals surface area contributed by atoms with Gasteiger partial charge in [-0.25, -0.2) is 0 Å². The van der Waals surface area contributed by atoms with Gasteiger partial charge in [-0.15, -0.1) is 0 Å². The van der Waals surface area contributed by atoms with E-state index >= 15 is 0 Å². The molecule has 4 saturated carbocycles. The fraction of sp³-hybridized carbons (Fsp3) is 1.00. The highest BCUT2D eigenvalue weighted by Crippen LogP contribution is 2.70. The predicted molar refractivity (Wildman–Crippen MR) is 149 cm³/mol. The molecule has 4 aliphatic carbocycles. The third-order valence-corrected chi connectivity index (χ3v) is 17.7. The Morgan fingerprint density at radius 1 is 0.816 bits per heavy atom. The van der Waals surface area contributed by atoms with Gasteiger partial charge in [0.05, 0.1) is 32.5 Å². The third kappa shape index (κ3) is 4.07. The number of ether oxygens (including phenoxy) is 4. The fourth-order valence-electron chi connectivity index (χ4n) is 10.3. The molecule has 2 aliphatic heterocycles. The zero-order chi connectivity index (χ0) is 27.4. The number of aliphatic hydroxyl groups is 1. The summed E-state index contributed by atoms with van der Waals surface area (Å²) in [5.41, 5.74) is 0.0867. The third-order valence-electron chi connectivity index (χ3n) is 13.2. The molecule has 38 heavy (non-hydrogen) atoms. The molecule has 0 bridgehead atoms. The summed E-state index contributed by atoms with van der Waals surface area (Å²) in [5, 5.41) is 12.0. The highest BCUT2D eigenvalue weighted by molar-refractivity contribution is 6.74. The van der Waals surface area contributed by atoms with Crippen LogP contribution in [0.15, 0.2) is 0 Å². The monoisotopic (exact) mass is 550 g/mol. The molecule has 0 radical (unpaired) electrons. The summed E-state index contributed by atoms with van der Waals surface area (Å²) in [6.45, 7) is 21.8. The maximum Gasteiger partial charge on any atom is 0.192 e. The topological polar surface area (TPSA) is 66.4 Å². The molecule has 7 unspecified atom stereocenters. The smallest absolute Gasteiger partial charge is 0.192 e. The van der Waals surface area contributed by atoms with E-state index in [-0.39, 0.29) is 34.0 Å². The van der Waals surface area contributed by atoms with Gasteiger partial charge in [0, 0.05) is 24.9 Å². The van der Waals surface area contributed by atoms with Crippen LogP contribution in [0, 0.1) is 40.4 Å². The lowest BCUT2D eigenvalue weighted by atomic mass is 9.43. The standard InChI is InChI=1S/C31H54O6Si/c1-27(2,3)38(7,8)37-24-19-29(5)21(9-10-25(29)30(6)33-13-14-34-30)20-17-23(32)22-18-31(35-15-16-36-31)12-11-28(22,4)26(20)24/h20-26,32H,9-19H2,1-8H3/t20?,21?,22-,23+,24?,25?,26?,28?,29?/m0/s1. The SMILES string of the molecule is CC1(C2CCC3C4C[C@@H](O)[C@@H]5CC6(CCC5(C)C4C(O[Si](C)(C)C(C)(C)C)CC32C)OCCO6)OCCO1. The summed E-state index contributed by atoms with van der Waals surface area (Å²) in [4.78, 5) is 0. The highest BCUT2D eigenvalue weighted by atomic mass is 28.4. The zero-order valence-corrected chi connectivity index (χ0v) is 26.3. The molecule has 218 valence electrons. The molecular formula is C31H54O6Si. The van der Waals surface area contributed by atoms with E-state index in [1.54, 1.807) is 0 Å². The Morgan fingerprint density at radius 3 is 2.08 bits per heavy atom. The zero-order valence-electron chi connectivity index (χ0n) is 25.3. The van der Waals surface area contributed by atoms with Crippen molar-refractivity contribution in [2.24, 2.45) is 40.4 Å². The van der Waals surface area contributed by atoms with E-state index in [0.717, 1.165) is 38.5 Å². The minimum atomic E-state index is -2.03. The lowest BCUT2D eigenvalue weighted by Gasteiger charge is -2.66. The Hall–Kier alpha value is -0.0231. The predicted octanol–water partition coefficient (Wildman–Crippen LogP) is 6.12. The molecule has 6 fully saturated rings. The fourth-order valence-corrected chi connectivity index (χ4v) is 11.7. The van der Waals surface area contributed by atoms with Crippen LogP contribution in [-0.4, -0.2) is 63.6 Å². The van der Waals surface area contributed by atoms with Crippen LogP contribution in [0.3, 0.4) is 0 Å².